The van der Waals surface area contributed by atoms with Gasteiger partial charge in [0.15, 0.2) is 0 Å². The predicted molar refractivity (Wildman–Crippen MR) is 63.4 cm³/mol. The summed E-state index contributed by atoms with van der Waals surface area (Å²) in [6, 6.07) is 7.87. The van der Waals surface area contributed by atoms with Gasteiger partial charge in [-0.15, -0.1) is 11.8 Å². The van der Waals surface area contributed by atoms with Crippen molar-refractivity contribution in [1.29, 1.82) is 0 Å². The van der Waals surface area contributed by atoms with Gasteiger partial charge in [0.1, 0.15) is 0 Å². The Hall–Kier alpha value is -0.960. The monoisotopic (exact) mass is 221 g/mol. The Bertz CT molecular complexity index is 358. The number of thioether (sulfide) groups is 1. The molecule has 1 heterocycles. The normalized spacial score (nSPS) is 15.7. The van der Waals surface area contributed by atoms with Gasteiger partial charge in [-0.3, -0.25) is 4.79 Å². The van der Waals surface area contributed by atoms with Crippen LogP contribution in [0, 0.1) is 0 Å². The van der Waals surface area contributed by atoms with Crippen LogP contribution in [0.25, 0.3) is 0 Å². The number of hydrogen-bond donors (Lipinski definition) is 0. The number of carbonyl (C=O) groups is 1. The molecule has 0 N–H and O–H groups in total. The van der Waals surface area contributed by atoms with E-state index in [1.54, 1.807) is 11.8 Å². The minimum atomic E-state index is 0.184. The number of nitrogens with zero attached hydrogens (tertiary/aromatic N) is 1. The predicted octanol–water partition coefficient (Wildman–Crippen LogP) is 2.64. The lowest BCUT2D eigenvalue weighted by Crippen LogP contribution is -2.27. The molecule has 0 bridgehead atoms. The average Bonchev–Trinajstić information content (AvgIpc) is 2.81. The Morgan fingerprint density at radius 2 is 2.07 bits per heavy atom. The van der Waals surface area contributed by atoms with Crippen molar-refractivity contribution in [3.63, 3.8) is 0 Å². The SMILES string of the molecule is CSc1cccc(C(=O)N2CCCC2)c1. The highest BCUT2D eigenvalue weighted by Gasteiger charge is 2.19. The first kappa shape index (κ1) is 10.6. The first-order valence-electron chi connectivity index (χ1n) is 5.24. The van der Waals surface area contributed by atoms with Gasteiger partial charge < -0.3 is 4.90 Å². The van der Waals surface area contributed by atoms with Crippen LogP contribution < -0.4 is 0 Å². The zero-order valence-corrected chi connectivity index (χ0v) is 9.72. The number of hydrogen-bond acceptors (Lipinski definition) is 2. The van der Waals surface area contributed by atoms with E-state index >= 15 is 0 Å². The highest BCUT2D eigenvalue weighted by molar-refractivity contribution is 7.98. The van der Waals surface area contributed by atoms with Gasteiger partial charge in [0, 0.05) is 23.5 Å². The Morgan fingerprint density at radius 3 is 2.73 bits per heavy atom. The Labute approximate surface area is 94.7 Å². The zero-order chi connectivity index (χ0) is 10.7. The lowest BCUT2D eigenvalue weighted by atomic mass is 10.2. The van der Waals surface area contributed by atoms with Crippen LogP contribution in [0.4, 0.5) is 0 Å². The lowest BCUT2D eigenvalue weighted by molar-refractivity contribution is 0.0792. The van der Waals surface area contributed by atoms with E-state index in [2.05, 4.69) is 0 Å². The number of rotatable bonds is 2. The van der Waals surface area contributed by atoms with Crippen molar-refractivity contribution in [2.45, 2.75) is 17.7 Å². The van der Waals surface area contributed by atoms with E-state index in [4.69, 9.17) is 0 Å². The number of carbonyl (C=O) groups excluding carboxylic acids is 1. The third kappa shape index (κ3) is 2.34. The maximum Gasteiger partial charge on any atom is 0.253 e. The molecule has 2 rings (SSSR count). The molecule has 1 saturated heterocycles. The quantitative estimate of drug-likeness (QED) is 0.716. The summed E-state index contributed by atoms with van der Waals surface area (Å²) in [6.45, 7) is 1.84. The molecule has 0 atom stereocenters. The number of likely N-dealkylation sites (tertiary alicyclic amines) is 1. The molecule has 0 spiro atoms. The molecule has 1 aromatic rings. The fourth-order valence-corrected chi connectivity index (χ4v) is 2.32. The third-order valence-electron chi connectivity index (χ3n) is 2.71. The van der Waals surface area contributed by atoms with Crippen molar-refractivity contribution < 1.29 is 4.79 Å². The van der Waals surface area contributed by atoms with Crippen LogP contribution in [0.3, 0.4) is 0 Å². The fourth-order valence-electron chi connectivity index (χ4n) is 1.86. The van der Waals surface area contributed by atoms with E-state index in [1.807, 2.05) is 35.4 Å². The highest BCUT2D eigenvalue weighted by atomic mass is 32.2. The van der Waals surface area contributed by atoms with Gasteiger partial charge in [-0.05, 0) is 37.3 Å². The molecule has 1 amide bonds. The van der Waals surface area contributed by atoms with E-state index < -0.39 is 0 Å². The summed E-state index contributed by atoms with van der Waals surface area (Å²) in [5.74, 6) is 0.184. The molecule has 0 aliphatic carbocycles. The average molecular weight is 221 g/mol. The van der Waals surface area contributed by atoms with Gasteiger partial charge >= 0.3 is 0 Å². The largest absolute Gasteiger partial charge is 0.339 e. The standard InChI is InChI=1S/C12H15NOS/c1-15-11-6-4-5-10(9-11)12(14)13-7-2-3-8-13/h4-6,9H,2-3,7-8H2,1H3. The minimum Gasteiger partial charge on any atom is -0.339 e. The molecule has 15 heavy (non-hydrogen) atoms. The van der Waals surface area contributed by atoms with E-state index in [0.717, 1.165) is 36.4 Å². The highest BCUT2D eigenvalue weighted by Crippen LogP contribution is 2.18. The van der Waals surface area contributed by atoms with Gasteiger partial charge in [0.25, 0.3) is 5.91 Å². The number of amides is 1. The van der Waals surface area contributed by atoms with Gasteiger partial charge in [-0.2, -0.15) is 0 Å². The molecule has 1 aliphatic heterocycles. The Morgan fingerprint density at radius 1 is 1.33 bits per heavy atom. The second kappa shape index (κ2) is 4.71. The molecule has 1 fully saturated rings. The summed E-state index contributed by atoms with van der Waals surface area (Å²) in [5.41, 5.74) is 0.823. The second-order valence-corrected chi connectivity index (χ2v) is 4.61. The topological polar surface area (TPSA) is 20.3 Å². The summed E-state index contributed by atoms with van der Waals surface area (Å²) in [6.07, 6.45) is 4.32. The van der Waals surface area contributed by atoms with Gasteiger partial charge in [-0.1, -0.05) is 6.07 Å². The summed E-state index contributed by atoms with van der Waals surface area (Å²) in [5, 5.41) is 0. The van der Waals surface area contributed by atoms with Gasteiger partial charge in [-0.25, -0.2) is 0 Å². The maximum atomic E-state index is 12.0. The molecular weight excluding hydrogens is 206 g/mol. The summed E-state index contributed by atoms with van der Waals surface area (Å²) >= 11 is 1.67. The molecule has 0 saturated carbocycles. The molecule has 1 aliphatic rings. The molecule has 0 unspecified atom stereocenters. The Balaban J connectivity index is 2.17. The van der Waals surface area contributed by atoms with Crippen LogP contribution in [0.15, 0.2) is 29.2 Å². The first-order valence-corrected chi connectivity index (χ1v) is 6.47. The molecule has 2 nitrogen and oxygen atoms in total. The van der Waals surface area contributed by atoms with Crippen LogP contribution in [-0.4, -0.2) is 30.2 Å². The minimum absolute atomic E-state index is 0.184. The maximum absolute atomic E-state index is 12.0. The van der Waals surface area contributed by atoms with Crippen LogP contribution in [0.5, 0.6) is 0 Å². The molecule has 3 heteroatoms. The van der Waals surface area contributed by atoms with E-state index in [9.17, 15) is 4.79 Å². The first-order chi connectivity index (χ1) is 7.31. The fraction of sp³-hybridized carbons (Fsp3) is 0.417. The smallest absolute Gasteiger partial charge is 0.253 e. The van der Waals surface area contributed by atoms with Crippen molar-refractivity contribution in [3.8, 4) is 0 Å². The van der Waals surface area contributed by atoms with E-state index in [1.165, 1.54) is 0 Å². The van der Waals surface area contributed by atoms with E-state index in [0.29, 0.717) is 0 Å². The molecule has 80 valence electrons. The van der Waals surface area contributed by atoms with Crippen LogP contribution >= 0.6 is 11.8 Å². The third-order valence-corrected chi connectivity index (χ3v) is 3.44. The second-order valence-electron chi connectivity index (χ2n) is 3.73. The summed E-state index contributed by atoms with van der Waals surface area (Å²) in [4.78, 5) is 15.1. The van der Waals surface area contributed by atoms with Crippen molar-refractivity contribution >= 4 is 17.7 Å². The summed E-state index contributed by atoms with van der Waals surface area (Å²) < 4.78 is 0. The van der Waals surface area contributed by atoms with Crippen molar-refractivity contribution in [1.82, 2.24) is 4.90 Å². The molecular formula is C12H15NOS. The Kier molecular flexibility index (Phi) is 3.31. The van der Waals surface area contributed by atoms with Crippen molar-refractivity contribution in [2.24, 2.45) is 0 Å². The summed E-state index contributed by atoms with van der Waals surface area (Å²) in [7, 11) is 0. The molecule has 0 aromatic heterocycles. The van der Waals surface area contributed by atoms with Crippen LogP contribution in [0.1, 0.15) is 23.2 Å². The van der Waals surface area contributed by atoms with Crippen molar-refractivity contribution in [2.75, 3.05) is 19.3 Å². The van der Waals surface area contributed by atoms with Crippen molar-refractivity contribution in [3.05, 3.63) is 29.8 Å². The lowest BCUT2D eigenvalue weighted by Gasteiger charge is -2.15. The molecule has 1 aromatic carbocycles. The van der Waals surface area contributed by atoms with Crippen LogP contribution in [0.2, 0.25) is 0 Å². The number of benzene rings is 1. The van der Waals surface area contributed by atoms with Crippen LogP contribution in [-0.2, 0) is 0 Å². The van der Waals surface area contributed by atoms with Gasteiger partial charge in [0.05, 0.1) is 0 Å². The molecule has 0 radical (unpaired) electrons. The van der Waals surface area contributed by atoms with E-state index in [-0.39, 0.29) is 5.91 Å². The zero-order valence-electron chi connectivity index (χ0n) is 8.90. The van der Waals surface area contributed by atoms with Gasteiger partial charge in [0.2, 0.25) is 0 Å².